The average Bonchev–Trinajstić information content (AvgIpc) is 2.27. The maximum atomic E-state index is 10.9. The van der Waals surface area contributed by atoms with E-state index in [1.165, 1.54) is 0 Å². The van der Waals surface area contributed by atoms with E-state index < -0.39 is 11.6 Å². The van der Waals surface area contributed by atoms with Gasteiger partial charge in [0.05, 0.1) is 12.1 Å². The lowest BCUT2D eigenvalue weighted by molar-refractivity contribution is -0.139. The largest absolute Gasteiger partial charge is 0.480 e. The highest BCUT2D eigenvalue weighted by molar-refractivity contribution is 5.69. The Bertz CT molecular complexity index is 401. The van der Waals surface area contributed by atoms with Gasteiger partial charge in [0, 0.05) is 13.1 Å². The normalized spacial score (nSPS) is 14.6. The summed E-state index contributed by atoms with van der Waals surface area (Å²) in [4.78, 5) is 12.7. The maximum Gasteiger partial charge on any atom is 0.317 e. The second kappa shape index (κ2) is 6.68. The maximum absolute atomic E-state index is 10.9. The van der Waals surface area contributed by atoms with Crippen LogP contribution in [0.2, 0.25) is 0 Å². The molecule has 0 aromatic heterocycles. The molecule has 1 atom stereocenters. The molecule has 2 N–H and O–H groups in total. The standard InChI is InChI=1S/C15H23NO3/c1-12(2)9-16(10-14(17)18)11-15(3,19)13-7-5-4-6-8-13/h4-8,12,19H,9-11H2,1-3H3,(H,17,18). The summed E-state index contributed by atoms with van der Waals surface area (Å²) in [5.74, 6) is -0.518. The van der Waals surface area contributed by atoms with Crippen LogP contribution in [0.5, 0.6) is 0 Å². The summed E-state index contributed by atoms with van der Waals surface area (Å²) in [5, 5.41) is 19.5. The molecule has 1 unspecified atom stereocenters. The van der Waals surface area contributed by atoms with Crippen molar-refractivity contribution in [1.82, 2.24) is 4.90 Å². The van der Waals surface area contributed by atoms with Gasteiger partial charge in [0.15, 0.2) is 0 Å². The second-order valence-electron chi connectivity index (χ2n) is 5.60. The van der Waals surface area contributed by atoms with Gasteiger partial charge in [-0.1, -0.05) is 44.2 Å². The van der Waals surface area contributed by atoms with E-state index in [0.29, 0.717) is 19.0 Å². The van der Waals surface area contributed by atoms with Crippen LogP contribution >= 0.6 is 0 Å². The number of carboxylic acids is 1. The molecule has 0 aliphatic carbocycles. The quantitative estimate of drug-likeness (QED) is 0.791. The van der Waals surface area contributed by atoms with Crippen molar-refractivity contribution in [3.63, 3.8) is 0 Å². The van der Waals surface area contributed by atoms with E-state index in [4.69, 9.17) is 5.11 Å². The highest BCUT2D eigenvalue weighted by Crippen LogP contribution is 2.21. The first-order valence-electron chi connectivity index (χ1n) is 6.53. The van der Waals surface area contributed by atoms with Crippen LogP contribution in [-0.4, -0.2) is 40.7 Å². The zero-order valence-corrected chi connectivity index (χ0v) is 11.8. The third-order valence-electron chi connectivity index (χ3n) is 2.91. The number of benzene rings is 1. The smallest absolute Gasteiger partial charge is 0.317 e. The van der Waals surface area contributed by atoms with Crippen LogP contribution in [0.15, 0.2) is 30.3 Å². The van der Waals surface area contributed by atoms with Gasteiger partial charge in [-0.15, -0.1) is 0 Å². The predicted molar refractivity (Wildman–Crippen MR) is 74.9 cm³/mol. The number of carboxylic acid groups (broad SMARTS) is 1. The summed E-state index contributed by atoms with van der Waals surface area (Å²) in [6.07, 6.45) is 0. The van der Waals surface area contributed by atoms with Crippen molar-refractivity contribution in [3.8, 4) is 0 Å². The van der Waals surface area contributed by atoms with Crippen LogP contribution < -0.4 is 0 Å². The van der Waals surface area contributed by atoms with Gasteiger partial charge in [-0.25, -0.2) is 0 Å². The first-order valence-corrected chi connectivity index (χ1v) is 6.53. The van der Waals surface area contributed by atoms with Crippen molar-refractivity contribution >= 4 is 5.97 Å². The van der Waals surface area contributed by atoms with Crippen LogP contribution in [0.3, 0.4) is 0 Å². The summed E-state index contributed by atoms with van der Waals surface area (Å²) in [6, 6.07) is 9.34. The summed E-state index contributed by atoms with van der Waals surface area (Å²) in [5.41, 5.74) is -0.250. The minimum Gasteiger partial charge on any atom is -0.480 e. The number of nitrogens with zero attached hydrogens (tertiary/aromatic N) is 1. The number of rotatable bonds is 7. The number of aliphatic carboxylic acids is 1. The molecule has 1 rings (SSSR count). The third-order valence-corrected chi connectivity index (χ3v) is 2.91. The van der Waals surface area contributed by atoms with Crippen molar-refractivity contribution < 1.29 is 15.0 Å². The minimum atomic E-state index is -1.05. The third kappa shape index (κ3) is 5.41. The number of carbonyl (C=O) groups is 1. The lowest BCUT2D eigenvalue weighted by Crippen LogP contribution is -2.43. The molecule has 0 radical (unpaired) electrons. The van der Waals surface area contributed by atoms with Gasteiger partial charge in [-0.2, -0.15) is 0 Å². The molecule has 0 bridgehead atoms. The Morgan fingerprint density at radius 1 is 1.32 bits per heavy atom. The zero-order valence-electron chi connectivity index (χ0n) is 11.8. The Labute approximate surface area is 114 Å². The van der Waals surface area contributed by atoms with Crippen molar-refractivity contribution in [1.29, 1.82) is 0 Å². The summed E-state index contributed by atoms with van der Waals surface area (Å²) in [6.45, 7) is 6.69. The van der Waals surface area contributed by atoms with E-state index in [0.717, 1.165) is 5.56 Å². The van der Waals surface area contributed by atoms with Gasteiger partial charge in [-0.05, 0) is 18.4 Å². The van der Waals surface area contributed by atoms with Crippen LogP contribution in [0.25, 0.3) is 0 Å². The Morgan fingerprint density at radius 2 is 1.89 bits per heavy atom. The number of hydrogen-bond donors (Lipinski definition) is 2. The van der Waals surface area contributed by atoms with E-state index in [1.54, 1.807) is 11.8 Å². The number of hydrogen-bond acceptors (Lipinski definition) is 3. The SMILES string of the molecule is CC(C)CN(CC(=O)O)CC(C)(O)c1ccccc1. The zero-order chi connectivity index (χ0) is 14.5. The van der Waals surface area contributed by atoms with E-state index in [9.17, 15) is 9.90 Å². The molecule has 1 aromatic carbocycles. The lowest BCUT2D eigenvalue weighted by atomic mass is 9.95. The summed E-state index contributed by atoms with van der Waals surface area (Å²) >= 11 is 0. The Hall–Kier alpha value is -1.39. The van der Waals surface area contributed by atoms with Crippen molar-refractivity contribution in [3.05, 3.63) is 35.9 Å². The molecular weight excluding hydrogens is 242 g/mol. The Morgan fingerprint density at radius 3 is 2.37 bits per heavy atom. The molecule has 0 aliphatic rings. The molecule has 0 amide bonds. The molecule has 19 heavy (non-hydrogen) atoms. The fraction of sp³-hybridized carbons (Fsp3) is 0.533. The molecule has 0 aliphatic heterocycles. The van der Waals surface area contributed by atoms with Crippen LogP contribution in [0.1, 0.15) is 26.3 Å². The molecule has 4 nitrogen and oxygen atoms in total. The monoisotopic (exact) mass is 265 g/mol. The molecule has 0 saturated heterocycles. The highest BCUT2D eigenvalue weighted by atomic mass is 16.4. The lowest BCUT2D eigenvalue weighted by Gasteiger charge is -2.32. The van der Waals surface area contributed by atoms with Crippen molar-refractivity contribution in [2.24, 2.45) is 5.92 Å². The van der Waals surface area contributed by atoms with Gasteiger partial charge in [0.2, 0.25) is 0 Å². The molecular formula is C15H23NO3. The van der Waals surface area contributed by atoms with E-state index in [1.807, 2.05) is 44.2 Å². The molecule has 0 fully saturated rings. The topological polar surface area (TPSA) is 60.8 Å². The van der Waals surface area contributed by atoms with Gasteiger partial charge in [0.25, 0.3) is 0 Å². The van der Waals surface area contributed by atoms with Gasteiger partial charge in [-0.3, -0.25) is 9.69 Å². The molecule has 0 spiro atoms. The van der Waals surface area contributed by atoms with Crippen LogP contribution in [0, 0.1) is 5.92 Å². The summed E-state index contributed by atoms with van der Waals surface area (Å²) < 4.78 is 0. The number of aliphatic hydroxyl groups is 1. The van der Waals surface area contributed by atoms with E-state index in [2.05, 4.69) is 0 Å². The highest BCUT2D eigenvalue weighted by Gasteiger charge is 2.27. The summed E-state index contributed by atoms with van der Waals surface area (Å²) in [7, 11) is 0. The van der Waals surface area contributed by atoms with Gasteiger partial charge in [0.1, 0.15) is 0 Å². The van der Waals surface area contributed by atoms with Crippen LogP contribution in [-0.2, 0) is 10.4 Å². The van der Waals surface area contributed by atoms with Crippen LogP contribution in [0.4, 0.5) is 0 Å². The van der Waals surface area contributed by atoms with Gasteiger partial charge < -0.3 is 10.2 Å². The Balaban J connectivity index is 2.79. The molecule has 106 valence electrons. The molecule has 0 heterocycles. The molecule has 1 aromatic rings. The molecule has 4 heteroatoms. The van der Waals surface area contributed by atoms with Gasteiger partial charge >= 0.3 is 5.97 Å². The first-order chi connectivity index (χ1) is 8.81. The fourth-order valence-electron chi connectivity index (χ4n) is 2.22. The Kier molecular flexibility index (Phi) is 5.51. The molecule has 0 saturated carbocycles. The van der Waals surface area contributed by atoms with Crippen molar-refractivity contribution in [2.75, 3.05) is 19.6 Å². The fourth-order valence-corrected chi connectivity index (χ4v) is 2.22. The minimum absolute atomic E-state index is 0.0544. The average molecular weight is 265 g/mol. The first kappa shape index (κ1) is 15.7. The second-order valence-corrected chi connectivity index (χ2v) is 5.60. The van der Waals surface area contributed by atoms with E-state index in [-0.39, 0.29) is 6.54 Å². The van der Waals surface area contributed by atoms with Crippen molar-refractivity contribution in [2.45, 2.75) is 26.4 Å². The van der Waals surface area contributed by atoms with E-state index >= 15 is 0 Å². The predicted octanol–water partition coefficient (Wildman–Crippen LogP) is 1.94.